The molecule has 2 aromatic heterocycles. The molecule has 6 nitrogen and oxygen atoms in total. The van der Waals surface area contributed by atoms with Gasteiger partial charge in [0.1, 0.15) is 11.6 Å². The molecule has 0 fully saturated rings. The number of aryl methyl sites for hydroxylation is 2. The third-order valence-electron chi connectivity index (χ3n) is 4.01. The van der Waals surface area contributed by atoms with E-state index in [9.17, 15) is 9.18 Å². The van der Waals surface area contributed by atoms with Gasteiger partial charge in [-0.15, -0.1) is 0 Å². The first-order valence-corrected chi connectivity index (χ1v) is 8.03. The minimum Gasteiger partial charge on any atom is -0.361 e. The molecule has 0 bridgehead atoms. The SMILES string of the molecule is CCc1cc(C(=O)Nc2c(C)nn(Cc3ccc(F)cc3)c2C)no1. The standard InChI is InChI=1S/C18H19FN4O2/c1-4-15-9-16(22-25-15)18(24)20-17-11(2)21-23(12(17)3)10-13-5-7-14(19)8-6-13/h5-9H,4,10H2,1-3H3,(H,20,24). The lowest BCUT2D eigenvalue weighted by Gasteiger charge is -2.06. The summed E-state index contributed by atoms with van der Waals surface area (Å²) in [5.41, 5.74) is 3.32. The van der Waals surface area contributed by atoms with Crippen molar-refractivity contribution in [3.63, 3.8) is 0 Å². The van der Waals surface area contributed by atoms with Gasteiger partial charge in [-0.2, -0.15) is 5.10 Å². The molecule has 0 aliphatic heterocycles. The summed E-state index contributed by atoms with van der Waals surface area (Å²) < 4.78 is 19.9. The van der Waals surface area contributed by atoms with Crippen molar-refractivity contribution < 1.29 is 13.7 Å². The molecule has 25 heavy (non-hydrogen) atoms. The molecule has 1 aromatic carbocycles. The number of carbonyl (C=O) groups excluding carboxylic acids is 1. The molecule has 0 spiro atoms. The second kappa shape index (κ2) is 6.88. The average Bonchev–Trinajstić information content (AvgIpc) is 3.18. The summed E-state index contributed by atoms with van der Waals surface area (Å²) in [6.07, 6.45) is 0.675. The first-order chi connectivity index (χ1) is 12.0. The van der Waals surface area contributed by atoms with Gasteiger partial charge in [-0.3, -0.25) is 9.48 Å². The van der Waals surface area contributed by atoms with Gasteiger partial charge in [0.2, 0.25) is 0 Å². The zero-order chi connectivity index (χ0) is 18.0. The van der Waals surface area contributed by atoms with Crippen LogP contribution in [-0.4, -0.2) is 20.8 Å². The molecule has 3 aromatic rings. The quantitative estimate of drug-likeness (QED) is 0.770. The van der Waals surface area contributed by atoms with Crippen LogP contribution in [0.15, 0.2) is 34.9 Å². The molecular formula is C18H19FN4O2. The Kier molecular flexibility index (Phi) is 4.65. The van der Waals surface area contributed by atoms with Gasteiger partial charge < -0.3 is 9.84 Å². The van der Waals surface area contributed by atoms with Crippen LogP contribution in [0.1, 0.15) is 40.1 Å². The third-order valence-corrected chi connectivity index (χ3v) is 4.01. The van der Waals surface area contributed by atoms with Gasteiger partial charge in [-0.25, -0.2) is 4.39 Å². The van der Waals surface area contributed by atoms with Crippen LogP contribution in [0.5, 0.6) is 0 Å². The number of nitrogens with one attached hydrogen (secondary N) is 1. The van der Waals surface area contributed by atoms with Crippen molar-refractivity contribution in [1.29, 1.82) is 0 Å². The predicted molar refractivity (Wildman–Crippen MR) is 91.0 cm³/mol. The smallest absolute Gasteiger partial charge is 0.277 e. The van der Waals surface area contributed by atoms with Crippen molar-refractivity contribution >= 4 is 11.6 Å². The average molecular weight is 342 g/mol. The Hall–Kier alpha value is -2.96. The van der Waals surface area contributed by atoms with Crippen molar-refractivity contribution in [3.8, 4) is 0 Å². The topological polar surface area (TPSA) is 73.0 Å². The van der Waals surface area contributed by atoms with Crippen LogP contribution in [0.3, 0.4) is 0 Å². The van der Waals surface area contributed by atoms with Gasteiger partial charge in [0.05, 0.1) is 23.6 Å². The summed E-state index contributed by atoms with van der Waals surface area (Å²) in [6.45, 7) is 6.12. The van der Waals surface area contributed by atoms with E-state index in [4.69, 9.17) is 4.52 Å². The zero-order valence-electron chi connectivity index (χ0n) is 14.3. The fraction of sp³-hybridized carbons (Fsp3) is 0.278. The van der Waals surface area contributed by atoms with Crippen LogP contribution in [0.4, 0.5) is 10.1 Å². The van der Waals surface area contributed by atoms with E-state index in [-0.39, 0.29) is 17.4 Å². The monoisotopic (exact) mass is 342 g/mol. The lowest BCUT2D eigenvalue weighted by atomic mass is 10.2. The molecule has 0 radical (unpaired) electrons. The summed E-state index contributed by atoms with van der Waals surface area (Å²) in [6, 6.07) is 7.89. The van der Waals surface area contributed by atoms with E-state index in [0.29, 0.717) is 30.1 Å². The van der Waals surface area contributed by atoms with Crippen LogP contribution in [-0.2, 0) is 13.0 Å². The minimum atomic E-state index is -0.337. The van der Waals surface area contributed by atoms with E-state index < -0.39 is 0 Å². The molecule has 0 aliphatic carbocycles. The van der Waals surface area contributed by atoms with Crippen LogP contribution >= 0.6 is 0 Å². The Bertz CT molecular complexity index is 896. The maximum absolute atomic E-state index is 13.0. The van der Waals surface area contributed by atoms with Gasteiger partial charge >= 0.3 is 0 Å². The van der Waals surface area contributed by atoms with E-state index in [1.165, 1.54) is 12.1 Å². The zero-order valence-corrected chi connectivity index (χ0v) is 14.3. The molecule has 0 unspecified atom stereocenters. The maximum Gasteiger partial charge on any atom is 0.277 e. The highest BCUT2D eigenvalue weighted by atomic mass is 19.1. The Morgan fingerprint density at radius 2 is 2.00 bits per heavy atom. The lowest BCUT2D eigenvalue weighted by Crippen LogP contribution is -2.13. The van der Waals surface area contributed by atoms with Gasteiger partial charge in [-0.05, 0) is 31.5 Å². The van der Waals surface area contributed by atoms with Gasteiger partial charge in [0.15, 0.2) is 5.69 Å². The molecule has 7 heteroatoms. The Balaban J connectivity index is 1.79. The summed E-state index contributed by atoms with van der Waals surface area (Å²) in [5, 5.41) is 11.1. The number of hydrogen-bond donors (Lipinski definition) is 1. The minimum absolute atomic E-state index is 0.238. The Labute approximate surface area is 144 Å². The third kappa shape index (κ3) is 3.60. The number of anilines is 1. The summed E-state index contributed by atoms with van der Waals surface area (Å²) in [7, 11) is 0. The number of benzene rings is 1. The van der Waals surface area contributed by atoms with E-state index >= 15 is 0 Å². The number of rotatable bonds is 5. The number of amides is 1. The maximum atomic E-state index is 13.0. The summed E-state index contributed by atoms with van der Waals surface area (Å²) in [4.78, 5) is 12.3. The number of halogens is 1. The van der Waals surface area contributed by atoms with Crippen LogP contribution in [0, 0.1) is 19.7 Å². The highest BCUT2D eigenvalue weighted by Crippen LogP contribution is 2.21. The van der Waals surface area contributed by atoms with Crippen molar-refractivity contribution in [2.75, 3.05) is 5.32 Å². The molecule has 2 heterocycles. The number of carbonyl (C=O) groups is 1. The number of aromatic nitrogens is 3. The molecule has 0 saturated heterocycles. The van der Waals surface area contributed by atoms with Crippen LogP contribution in [0.2, 0.25) is 0 Å². The molecule has 1 N–H and O–H groups in total. The Morgan fingerprint density at radius 3 is 2.64 bits per heavy atom. The summed E-state index contributed by atoms with van der Waals surface area (Å²) in [5.74, 6) is 0.0470. The lowest BCUT2D eigenvalue weighted by molar-refractivity contribution is 0.101. The molecular weight excluding hydrogens is 323 g/mol. The van der Waals surface area contributed by atoms with E-state index in [0.717, 1.165) is 11.3 Å². The van der Waals surface area contributed by atoms with Gasteiger partial charge in [0.25, 0.3) is 5.91 Å². The van der Waals surface area contributed by atoms with Crippen molar-refractivity contribution in [1.82, 2.24) is 14.9 Å². The van der Waals surface area contributed by atoms with Crippen LogP contribution < -0.4 is 5.32 Å². The van der Waals surface area contributed by atoms with Gasteiger partial charge in [0, 0.05) is 12.5 Å². The van der Waals surface area contributed by atoms with E-state index in [2.05, 4.69) is 15.6 Å². The number of nitrogens with zero attached hydrogens (tertiary/aromatic N) is 3. The highest BCUT2D eigenvalue weighted by molar-refractivity contribution is 6.03. The predicted octanol–water partition coefficient (Wildman–Crippen LogP) is 3.49. The fourth-order valence-corrected chi connectivity index (χ4v) is 2.56. The normalized spacial score (nSPS) is 10.9. The molecule has 0 aliphatic rings. The fourth-order valence-electron chi connectivity index (χ4n) is 2.56. The number of hydrogen-bond acceptors (Lipinski definition) is 4. The van der Waals surface area contributed by atoms with Crippen LogP contribution in [0.25, 0.3) is 0 Å². The molecule has 0 atom stereocenters. The first kappa shape index (κ1) is 16.9. The molecule has 130 valence electrons. The summed E-state index contributed by atoms with van der Waals surface area (Å²) >= 11 is 0. The molecule has 3 rings (SSSR count). The molecule has 1 amide bonds. The second-order valence-electron chi connectivity index (χ2n) is 5.82. The Morgan fingerprint density at radius 1 is 1.28 bits per heavy atom. The van der Waals surface area contributed by atoms with Crippen molar-refractivity contribution in [2.45, 2.75) is 33.7 Å². The van der Waals surface area contributed by atoms with Gasteiger partial charge in [-0.1, -0.05) is 24.2 Å². The highest BCUT2D eigenvalue weighted by Gasteiger charge is 2.18. The van der Waals surface area contributed by atoms with Crippen molar-refractivity contribution in [3.05, 3.63) is 64.6 Å². The first-order valence-electron chi connectivity index (χ1n) is 8.03. The van der Waals surface area contributed by atoms with Crippen molar-refractivity contribution in [2.24, 2.45) is 0 Å². The largest absolute Gasteiger partial charge is 0.361 e. The second-order valence-corrected chi connectivity index (χ2v) is 5.82. The molecule has 0 saturated carbocycles. The van der Waals surface area contributed by atoms with E-state index in [1.54, 1.807) is 22.9 Å². The van der Waals surface area contributed by atoms with E-state index in [1.807, 2.05) is 20.8 Å².